The zero-order chi connectivity index (χ0) is 19.8. The molecule has 1 amide bonds. The molecule has 1 aromatic carbocycles. The summed E-state index contributed by atoms with van der Waals surface area (Å²) in [6.07, 6.45) is 6.98. The number of nitrogens with one attached hydrogen (secondary N) is 2. The van der Waals surface area contributed by atoms with E-state index >= 15 is 0 Å². The first kappa shape index (κ1) is 19.5. The molecule has 0 spiro atoms. The first-order chi connectivity index (χ1) is 13.6. The van der Waals surface area contributed by atoms with E-state index in [9.17, 15) is 9.59 Å². The number of aromatic nitrogens is 2. The Morgan fingerprint density at radius 1 is 1.25 bits per heavy atom. The third-order valence-electron chi connectivity index (χ3n) is 4.25. The van der Waals surface area contributed by atoms with Crippen molar-refractivity contribution in [1.29, 1.82) is 0 Å². The molecular weight excluding hydrogens is 358 g/mol. The van der Waals surface area contributed by atoms with Crippen LogP contribution >= 0.6 is 0 Å². The molecule has 28 heavy (non-hydrogen) atoms. The Morgan fingerprint density at radius 3 is 2.79 bits per heavy atom. The number of hydrogen-bond donors (Lipinski definition) is 2. The minimum atomic E-state index is -0.591. The van der Waals surface area contributed by atoms with E-state index in [4.69, 9.17) is 0 Å². The second-order valence-electron chi connectivity index (χ2n) is 6.57. The highest BCUT2D eigenvalue weighted by molar-refractivity contribution is 5.91. The molecule has 2 aromatic rings. The molecule has 1 atom stereocenters. The molecule has 1 fully saturated rings. The number of anilines is 1. The molecule has 1 aromatic heterocycles. The van der Waals surface area contributed by atoms with Gasteiger partial charge in [-0.3, -0.25) is 19.5 Å². The molecule has 1 aliphatic rings. The topological polar surface area (TPSA) is 96.4 Å². The van der Waals surface area contributed by atoms with Crippen LogP contribution in [0.1, 0.15) is 24.6 Å². The Morgan fingerprint density at radius 2 is 2.07 bits per heavy atom. The van der Waals surface area contributed by atoms with Crippen LogP contribution < -0.4 is 10.8 Å². The van der Waals surface area contributed by atoms with Crippen LogP contribution in [0.5, 0.6) is 0 Å². The summed E-state index contributed by atoms with van der Waals surface area (Å²) < 4.78 is 0. The minimum Gasteiger partial charge on any atom is -0.365 e. The molecule has 0 aliphatic carbocycles. The lowest BCUT2D eigenvalue weighted by atomic mass is 10.2. The molecule has 3 rings (SSSR count). The molecule has 8 heteroatoms. The Labute approximate surface area is 163 Å². The highest BCUT2D eigenvalue weighted by Gasteiger charge is 2.22. The number of hydroxylamine groups is 1. The van der Waals surface area contributed by atoms with E-state index in [1.165, 1.54) is 24.6 Å². The van der Waals surface area contributed by atoms with Crippen LogP contribution in [-0.4, -0.2) is 45.9 Å². The van der Waals surface area contributed by atoms with Crippen molar-refractivity contribution in [3.8, 4) is 0 Å². The molecule has 2 N–H and O–H groups in total. The molecule has 146 valence electrons. The fraction of sp³-hybridized carbons (Fsp3) is 0.300. The summed E-state index contributed by atoms with van der Waals surface area (Å²) in [5.74, 6) is -0.442. The van der Waals surface area contributed by atoms with E-state index in [0.717, 1.165) is 26.1 Å². The van der Waals surface area contributed by atoms with Crippen molar-refractivity contribution in [3.05, 3.63) is 60.1 Å². The second kappa shape index (κ2) is 9.61. The third-order valence-corrected chi connectivity index (χ3v) is 4.25. The number of likely N-dealkylation sites (tertiary alicyclic amines) is 1. The van der Waals surface area contributed by atoms with Gasteiger partial charge in [-0.25, -0.2) is 4.98 Å². The van der Waals surface area contributed by atoms with Crippen molar-refractivity contribution in [2.24, 2.45) is 0 Å². The summed E-state index contributed by atoms with van der Waals surface area (Å²) >= 11 is 0. The van der Waals surface area contributed by atoms with Crippen LogP contribution in [0, 0.1) is 0 Å². The molecule has 1 saturated heterocycles. The molecule has 2 heterocycles. The van der Waals surface area contributed by atoms with E-state index in [1.54, 1.807) is 12.4 Å². The quantitative estimate of drug-likeness (QED) is 0.581. The highest BCUT2D eigenvalue weighted by atomic mass is 16.7. The monoisotopic (exact) mass is 381 g/mol. The normalized spacial score (nSPS) is 16.8. The average Bonchev–Trinajstić information content (AvgIpc) is 3.13. The van der Waals surface area contributed by atoms with Crippen molar-refractivity contribution in [2.75, 3.05) is 18.4 Å². The van der Waals surface area contributed by atoms with Crippen molar-refractivity contribution >= 4 is 23.8 Å². The van der Waals surface area contributed by atoms with E-state index < -0.39 is 11.9 Å². The number of carbonyl (C=O) groups excluding carboxylic acids is 2. The number of rotatable bonds is 6. The lowest BCUT2D eigenvalue weighted by molar-refractivity contribution is -0.154. The first-order valence-electron chi connectivity index (χ1n) is 9.09. The summed E-state index contributed by atoms with van der Waals surface area (Å²) in [5.41, 5.74) is 3.84. The van der Waals surface area contributed by atoms with E-state index in [1.807, 2.05) is 11.5 Å². The molecule has 0 unspecified atom stereocenters. The van der Waals surface area contributed by atoms with Gasteiger partial charge >= 0.3 is 5.97 Å². The van der Waals surface area contributed by atoms with Gasteiger partial charge < -0.3 is 10.2 Å². The maximum absolute atomic E-state index is 11.4. The highest BCUT2D eigenvalue weighted by Crippen LogP contribution is 2.16. The third kappa shape index (κ3) is 6.17. The van der Waals surface area contributed by atoms with Gasteiger partial charge in [0.25, 0.3) is 5.91 Å². The Hall–Kier alpha value is -3.26. The van der Waals surface area contributed by atoms with Crippen molar-refractivity contribution in [2.45, 2.75) is 25.9 Å². The van der Waals surface area contributed by atoms with Crippen LogP contribution in [0.25, 0.3) is 6.08 Å². The fourth-order valence-electron chi connectivity index (χ4n) is 2.96. The predicted octanol–water partition coefficient (Wildman–Crippen LogP) is 1.77. The molecular formula is C20H23N5O3. The molecule has 0 bridgehead atoms. The fourth-order valence-corrected chi connectivity index (χ4v) is 2.96. The molecule has 0 saturated carbocycles. The van der Waals surface area contributed by atoms with Gasteiger partial charge in [0.1, 0.15) is 5.82 Å². The number of hydrogen-bond acceptors (Lipinski definition) is 7. The Balaban J connectivity index is 1.45. The molecule has 0 radical (unpaired) electrons. The zero-order valence-corrected chi connectivity index (χ0v) is 15.7. The number of amides is 1. The van der Waals surface area contributed by atoms with E-state index in [2.05, 4.69) is 49.3 Å². The van der Waals surface area contributed by atoms with Gasteiger partial charge in [-0.1, -0.05) is 30.3 Å². The van der Waals surface area contributed by atoms with Crippen LogP contribution in [0.4, 0.5) is 5.82 Å². The van der Waals surface area contributed by atoms with Crippen molar-refractivity contribution < 1.29 is 14.4 Å². The first-order valence-corrected chi connectivity index (χ1v) is 9.09. The van der Waals surface area contributed by atoms with Crippen molar-refractivity contribution in [1.82, 2.24) is 20.3 Å². The molecule has 8 nitrogen and oxygen atoms in total. The Kier molecular flexibility index (Phi) is 6.69. The Bertz CT molecular complexity index is 823. The van der Waals surface area contributed by atoms with E-state index in [0.29, 0.717) is 17.6 Å². The van der Waals surface area contributed by atoms with Gasteiger partial charge in [0.15, 0.2) is 0 Å². The van der Waals surface area contributed by atoms with Gasteiger partial charge in [-0.05, 0) is 18.1 Å². The summed E-state index contributed by atoms with van der Waals surface area (Å²) in [6, 6.07) is 10.8. The maximum Gasteiger partial charge on any atom is 0.329 e. The van der Waals surface area contributed by atoms with Crippen LogP contribution in [0.2, 0.25) is 0 Å². The lowest BCUT2D eigenvalue weighted by Gasteiger charge is -2.17. The van der Waals surface area contributed by atoms with Gasteiger partial charge in [0, 0.05) is 38.7 Å². The zero-order valence-electron chi connectivity index (χ0n) is 15.7. The van der Waals surface area contributed by atoms with Gasteiger partial charge in [0.05, 0.1) is 18.1 Å². The summed E-state index contributed by atoms with van der Waals surface area (Å²) in [6.45, 7) is 4.14. The van der Waals surface area contributed by atoms with Crippen LogP contribution in [-0.2, 0) is 21.0 Å². The number of carbonyl (C=O) groups is 2. The van der Waals surface area contributed by atoms with Gasteiger partial charge in [0.2, 0.25) is 0 Å². The van der Waals surface area contributed by atoms with Crippen LogP contribution in [0.15, 0.2) is 48.8 Å². The van der Waals surface area contributed by atoms with Crippen LogP contribution in [0.3, 0.4) is 0 Å². The smallest absolute Gasteiger partial charge is 0.329 e. The standard InChI is InChI=1S/C20H23N5O3/c1-15(26)28-24-20(27)8-7-17-11-22-19(12-21-17)23-18-9-10-25(14-18)13-16-5-3-2-4-6-16/h2-8,11-12,18H,9-10,13-14H2,1H3,(H,22,23)(H,24,27)/b8-7+/t18-/m1/s1. The maximum atomic E-state index is 11.4. The summed E-state index contributed by atoms with van der Waals surface area (Å²) in [5, 5.41) is 3.41. The minimum absolute atomic E-state index is 0.328. The average molecular weight is 381 g/mol. The van der Waals surface area contributed by atoms with Gasteiger partial charge in [-0.2, -0.15) is 5.48 Å². The van der Waals surface area contributed by atoms with Gasteiger partial charge in [-0.15, -0.1) is 0 Å². The van der Waals surface area contributed by atoms with E-state index in [-0.39, 0.29) is 0 Å². The number of nitrogens with zero attached hydrogens (tertiary/aromatic N) is 3. The summed E-state index contributed by atoms with van der Waals surface area (Å²) in [4.78, 5) is 37.5. The lowest BCUT2D eigenvalue weighted by Crippen LogP contribution is -2.26. The second-order valence-corrected chi connectivity index (χ2v) is 6.57. The SMILES string of the molecule is CC(=O)ONC(=O)/C=C/c1cnc(N[C@@H]2CCN(Cc3ccccc3)C2)cn1. The predicted molar refractivity (Wildman–Crippen MR) is 105 cm³/mol. The van der Waals surface area contributed by atoms with Crippen molar-refractivity contribution in [3.63, 3.8) is 0 Å². The number of benzene rings is 1. The largest absolute Gasteiger partial charge is 0.365 e. The molecule has 1 aliphatic heterocycles. The summed E-state index contributed by atoms with van der Waals surface area (Å²) in [7, 11) is 0.